The molecule has 0 aliphatic carbocycles. The van der Waals surface area contributed by atoms with Gasteiger partial charge in [0.1, 0.15) is 11.8 Å². The number of para-hydroxylation sites is 2. The summed E-state index contributed by atoms with van der Waals surface area (Å²) in [5, 5.41) is 5.25. The van der Waals surface area contributed by atoms with Gasteiger partial charge in [-0.3, -0.25) is 4.79 Å². The first-order valence-electron chi connectivity index (χ1n) is 10.6. The molecule has 30 heavy (non-hydrogen) atoms. The summed E-state index contributed by atoms with van der Waals surface area (Å²) in [4.78, 5) is 13.4. The minimum absolute atomic E-state index is 0.0566. The zero-order valence-corrected chi connectivity index (χ0v) is 18.0. The van der Waals surface area contributed by atoms with Gasteiger partial charge in [-0.15, -0.1) is 0 Å². The zero-order chi connectivity index (χ0) is 21.3. The zero-order valence-electron chi connectivity index (χ0n) is 18.0. The van der Waals surface area contributed by atoms with E-state index in [-0.39, 0.29) is 18.0 Å². The molecule has 0 heterocycles. The predicted molar refractivity (Wildman–Crippen MR) is 122 cm³/mol. The van der Waals surface area contributed by atoms with E-state index in [0.717, 1.165) is 12.0 Å². The van der Waals surface area contributed by atoms with Crippen molar-refractivity contribution in [2.75, 3.05) is 11.9 Å². The molecule has 0 bridgehead atoms. The second-order valence-corrected chi connectivity index (χ2v) is 7.42. The molecule has 3 N–H and O–H groups in total. The van der Waals surface area contributed by atoms with Crippen LogP contribution in [0.3, 0.4) is 0 Å². The highest BCUT2D eigenvalue weighted by molar-refractivity contribution is 5.95. The Bertz CT molecular complexity index is 939. The fraction of sp³-hybridized carbons (Fsp3) is 0.269. The minimum Gasteiger partial charge on any atom is -0.492 e. The second-order valence-electron chi connectivity index (χ2n) is 7.42. The number of hydrogen-bond acceptors (Lipinski definition) is 2. The van der Waals surface area contributed by atoms with Crippen molar-refractivity contribution in [3.63, 3.8) is 0 Å². The van der Waals surface area contributed by atoms with Crippen LogP contribution in [-0.4, -0.2) is 12.5 Å². The molecule has 0 saturated carbocycles. The Kier molecular flexibility index (Phi) is 7.63. The number of ether oxygens (including phenoxy) is 1. The van der Waals surface area contributed by atoms with Crippen LogP contribution in [0, 0.1) is 6.92 Å². The van der Waals surface area contributed by atoms with Crippen molar-refractivity contribution in [1.82, 2.24) is 0 Å². The van der Waals surface area contributed by atoms with E-state index in [1.807, 2.05) is 61.5 Å². The topological polar surface area (TPSA) is 54.9 Å². The van der Waals surface area contributed by atoms with E-state index >= 15 is 0 Å². The summed E-state index contributed by atoms with van der Waals surface area (Å²) in [6, 6.07) is 25.9. The lowest BCUT2D eigenvalue weighted by Crippen LogP contribution is -2.88. The quantitative estimate of drug-likeness (QED) is 0.540. The van der Waals surface area contributed by atoms with Crippen LogP contribution < -0.4 is 15.4 Å². The average Bonchev–Trinajstić information content (AvgIpc) is 2.77. The normalized spacial score (nSPS) is 12.8. The van der Waals surface area contributed by atoms with Gasteiger partial charge in [-0.1, -0.05) is 79.2 Å². The number of quaternary nitrogens is 1. The minimum atomic E-state index is -0.368. The number of hydrogen-bond donors (Lipinski definition) is 2. The summed E-state index contributed by atoms with van der Waals surface area (Å²) in [6.07, 6.45) is 0.926. The lowest BCUT2D eigenvalue weighted by Gasteiger charge is -2.22. The summed E-state index contributed by atoms with van der Waals surface area (Å²) < 4.78 is 5.68. The van der Waals surface area contributed by atoms with E-state index in [1.165, 1.54) is 11.1 Å². The Labute approximate surface area is 179 Å². The van der Waals surface area contributed by atoms with Crippen LogP contribution in [0.2, 0.25) is 0 Å². The first-order chi connectivity index (χ1) is 14.6. The number of aryl methyl sites for hydroxylation is 1. The third-order valence-electron chi connectivity index (χ3n) is 5.26. The van der Waals surface area contributed by atoms with Crippen LogP contribution in [-0.2, 0) is 4.79 Å². The molecule has 0 unspecified atom stereocenters. The van der Waals surface area contributed by atoms with Gasteiger partial charge in [0.05, 0.1) is 12.3 Å². The molecule has 3 aromatic carbocycles. The number of nitrogens with two attached hydrogens (primary N) is 1. The summed E-state index contributed by atoms with van der Waals surface area (Å²) in [5.41, 5.74) is 4.14. The summed E-state index contributed by atoms with van der Waals surface area (Å²) in [5.74, 6) is 0.629. The summed E-state index contributed by atoms with van der Waals surface area (Å²) in [6.45, 7) is 6.73. The standard InChI is InChI=1S/C26H30N2O2/c1-4-22(20-17-15-19(3)16-18-20)27-25(21-11-7-6-8-12-21)26(29)28-23-13-9-10-14-24(23)30-5-2/h6-18,22,25,27H,4-5H2,1-3H3,(H,28,29)/p+1/t22-,25+/m0/s1. The Morgan fingerprint density at radius 3 is 2.23 bits per heavy atom. The maximum absolute atomic E-state index is 13.4. The van der Waals surface area contributed by atoms with Gasteiger partial charge in [0.15, 0.2) is 6.04 Å². The van der Waals surface area contributed by atoms with Gasteiger partial charge in [0.2, 0.25) is 0 Å². The van der Waals surface area contributed by atoms with Crippen molar-refractivity contribution < 1.29 is 14.8 Å². The molecule has 0 radical (unpaired) electrons. The molecule has 0 saturated heterocycles. The fourth-order valence-electron chi connectivity index (χ4n) is 3.60. The number of carbonyl (C=O) groups excluding carboxylic acids is 1. The van der Waals surface area contributed by atoms with Crippen molar-refractivity contribution in [3.05, 3.63) is 95.6 Å². The van der Waals surface area contributed by atoms with Crippen molar-refractivity contribution in [2.45, 2.75) is 39.3 Å². The van der Waals surface area contributed by atoms with E-state index in [0.29, 0.717) is 18.0 Å². The van der Waals surface area contributed by atoms with Gasteiger partial charge in [-0.05, 0) is 26.0 Å². The maximum atomic E-state index is 13.4. The highest BCUT2D eigenvalue weighted by Crippen LogP contribution is 2.25. The van der Waals surface area contributed by atoms with Gasteiger partial charge < -0.3 is 15.4 Å². The number of amides is 1. The van der Waals surface area contributed by atoms with Gasteiger partial charge in [0.25, 0.3) is 5.91 Å². The molecule has 1 amide bonds. The number of rotatable bonds is 9. The highest BCUT2D eigenvalue weighted by atomic mass is 16.5. The first-order valence-corrected chi connectivity index (χ1v) is 10.6. The van der Waals surface area contributed by atoms with Crippen molar-refractivity contribution in [1.29, 1.82) is 0 Å². The van der Waals surface area contributed by atoms with Crippen LogP contribution in [0.5, 0.6) is 5.75 Å². The van der Waals surface area contributed by atoms with E-state index in [9.17, 15) is 4.79 Å². The average molecular weight is 404 g/mol. The maximum Gasteiger partial charge on any atom is 0.287 e. The predicted octanol–water partition coefficient (Wildman–Crippen LogP) is 4.79. The van der Waals surface area contributed by atoms with E-state index in [2.05, 4.69) is 48.7 Å². The number of carbonyl (C=O) groups is 1. The Hall–Kier alpha value is -3.11. The van der Waals surface area contributed by atoms with E-state index in [1.54, 1.807) is 0 Å². The molecule has 0 fully saturated rings. The summed E-state index contributed by atoms with van der Waals surface area (Å²) >= 11 is 0. The Morgan fingerprint density at radius 1 is 0.900 bits per heavy atom. The number of benzene rings is 3. The van der Waals surface area contributed by atoms with E-state index in [4.69, 9.17) is 4.74 Å². The SMILES string of the molecule is CCOc1ccccc1NC(=O)[C@H]([NH2+][C@@H](CC)c1ccc(C)cc1)c1ccccc1. The third kappa shape index (κ3) is 5.49. The lowest BCUT2D eigenvalue weighted by atomic mass is 9.99. The third-order valence-corrected chi connectivity index (χ3v) is 5.26. The van der Waals surface area contributed by atoms with Crippen molar-refractivity contribution >= 4 is 11.6 Å². The van der Waals surface area contributed by atoms with Gasteiger partial charge in [-0.25, -0.2) is 0 Å². The van der Waals surface area contributed by atoms with Gasteiger partial charge in [-0.2, -0.15) is 0 Å². The molecule has 0 aliphatic rings. The largest absolute Gasteiger partial charge is 0.492 e. The smallest absolute Gasteiger partial charge is 0.287 e. The Balaban J connectivity index is 1.87. The molecule has 4 nitrogen and oxygen atoms in total. The van der Waals surface area contributed by atoms with E-state index < -0.39 is 0 Å². The molecule has 156 valence electrons. The van der Waals surface area contributed by atoms with Gasteiger partial charge in [0, 0.05) is 17.5 Å². The van der Waals surface area contributed by atoms with Crippen molar-refractivity contribution in [3.8, 4) is 5.75 Å². The number of nitrogens with one attached hydrogen (secondary N) is 1. The molecule has 0 spiro atoms. The Morgan fingerprint density at radius 2 is 1.57 bits per heavy atom. The van der Waals surface area contributed by atoms with Crippen LogP contribution in [0.4, 0.5) is 5.69 Å². The lowest BCUT2D eigenvalue weighted by molar-refractivity contribution is -0.722. The molecule has 0 aromatic heterocycles. The molecule has 4 heteroatoms. The highest BCUT2D eigenvalue weighted by Gasteiger charge is 2.28. The van der Waals surface area contributed by atoms with Crippen LogP contribution in [0.25, 0.3) is 0 Å². The van der Waals surface area contributed by atoms with Crippen LogP contribution in [0.15, 0.2) is 78.9 Å². The summed E-state index contributed by atoms with van der Waals surface area (Å²) in [7, 11) is 0. The van der Waals surface area contributed by atoms with Crippen molar-refractivity contribution in [2.24, 2.45) is 0 Å². The van der Waals surface area contributed by atoms with Gasteiger partial charge >= 0.3 is 0 Å². The van der Waals surface area contributed by atoms with Crippen LogP contribution in [0.1, 0.15) is 49.0 Å². The molecule has 3 rings (SSSR count). The number of anilines is 1. The molecule has 0 aliphatic heterocycles. The fourth-order valence-corrected chi connectivity index (χ4v) is 3.60. The monoisotopic (exact) mass is 403 g/mol. The molecule has 3 aromatic rings. The molecule has 2 atom stereocenters. The molecular weight excluding hydrogens is 372 g/mol. The molecular formula is C26H31N2O2+. The first kappa shape index (κ1) is 21.6. The second kappa shape index (κ2) is 10.6. The van der Waals surface area contributed by atoms with Crippen LogP contribution >= 0.6 is 0 Å².